The van der Waals surface area contributed by atoms with Crippen molar-refractivity contribution >= 4 is 66.9 Å². The van der Waals surface area contributed by atoms with E-state index in [4.69, 9.17) is 0 Å². The van der Waals surface area contributed by atoms with E-state index in [0.29, 0.717) is 0 Å². The summed E-state index contributed by atoms with van der Waals surface area (Å²) in [4.78, 5) is 0. The average molecular weight is 428 g/mol. The van der Waals surface area contributed by atoms with Gasteiger partial charge < -0.3 is 13.5 Å². The third-order valence-corrected chi connectivity index (χ3v) is 27.1. The predicted molar refractivity (Wildman–Crippen MR) is 75.7 cm³/mol. The van der Waals surface area contributed by atoms with Crippen LogP contribution in [0.4, 0.5) is 0 Å². The minimum Gasteiger partial charge on any atom is -0.319 e. The summed E-state index contributed by atoms with van der Waals surface area (Å²) < 4.78 is 9.76. The Morgan fingerprint density at radius 3 is 1.54 bits per heavy atom. The van der Waals surface area contributed by atoms with Crippen molar-refractivity contribution in [2.75, 3.05) is 7.05 Å². The highest BCUT2D eigenvalue weighted by Crippen LogP contribution is 2.30. The SMILES string of the molecule is CN1[Si](C)(Br)N[Si](C)(Br)N[Si]1(C)Br. The maximum Gasteiger partial charge on any atom is 0.264 e. The molecule has 2 N–H and O–H groups in total. The molecule has 78 valence electrons. The molecule has 0 aromatic heterocycles. The van der Waals surface area contributed by atoms with Crippen molar-refractivity contribution in [3.05, 3.63) is 0 Å². The van der Waals surface area contributed by atoms with Gasteiger partial charge in [-0.2, -0.15) is 0 Å². The van der Waals surface area contributed by atoms with Crippen molar-refractivity contribution in [2.24, 2.45) is 0 Å². The minimum absolute atomic E-state index is 1.60. The first-order valence-electron chi connectivity index (χ1n) is 3.96. The lowest BCUT2D eigenvalue weighted by Crippen LogP contribution is -2.84. The maximum absolute atomic E-state index is 3.83. The van der Waals surface area contributed by atoms with Gasteiger partial charge in [-0.05, 0) is 26.7 Å². The molecule has 2 atom stereocenters. The van der Waals surface area contributed by atoms with Gasteiger partial charge in [-0.1, -0.05) is 45.9 Å². The largest absolute Gasteiger partial charge is 0.319 e. The zero-order chi connectivity index (χ0) is 10.5. The Balaban J connectivity index is 2.96. The number of hydrogen-bond acceptors (Lipinski definition) is 3. The zero-order valence-electron chi connectivity index (χ0n) is 8.08. The van der Waals surface area contributed by atoms with Crippen molar-refractivity contribution in [3.63, 3.8) is 0 Å². The van der Waals surface area contributed by atoms with E-state index >= 15 is 0 Å². The number of rotatable bonds is 0. The maximum atomic E-state index is 3.83. The van der Waals surface area contributed by atoms with Crippen LogP contribution in [0.5, 0.6) is 0 Å². The molecule has 0 bridgehead atoms. The predicted octanol–water partition coefficient (Wildman–Crippen LogP) is 2.00. The number of hydrogen-bond donors (Lipinski definition) is 2. The Morgan fingerprint density at radius 2 is 1.23 bits per heavy atom. The first-order chi connectivity index (χ1) is 5.57. The van der Waals surface area contributed by atoms with E-state index in [1.807, 2.05) is 0 Å². The molecule has 1 rings (SSSR count). The Morgan fingerprint density at radius 1 is 0.923 bits per heavy atom. The van der Waals surface area contributed by atoms with Crippen LogP contribution < -0.4 is 9.30 Å². The molecule has 0 aromatic carbocycles. The lowest BCUT2D eigenvalue weighted by molar-refractivity contribution is 0.745. The standard InChI is InChI=1S/C4H14Br3N3Si3/c1-10-12(3,6)8-11(2,5)9-13(10,4)7/h8-9H,1-4H3. The molecule has 1 heterocycles. The first-order valence-corrected chi connectivity index (χ1v) is 18.1. The summed E-state index contributed by atoms with van der Waals surface area (Å²) in [7, 11) is -2.64. The van der Waals surface area contributed by atoms with Crippen LogP contribution in [0.2, 0.25) is 19.6 Å². The zero-order valence-corrected chi connectivity index (χ0v) is 15.8. The molecule has 13 heavy (non-hydrogen) atoms. The van der Waals surface area contributed by atoms with Crippen LogP contribution in [0.3, 0.4) is 0 Å². The van der Waals surface area contributed by atoms with Crippen LogP contribution in [-0.4, -0.2) is 32.3 Å². The molecule has 0 radical (unpaired) electrons. The van der Waals surface area contributed by atoms with Gasteiger partial charge in [-0.15, -0.1) is 0 Å². The molecule has 1 aliphatic rings. The van der Waals surface area contributed by atoms with Crippen LogP contribution in [0, 0.1) is 0 Å². The van der Waals surface area contributed by atoms with E-state index in [1.54, 1.807) is 0 Å². The summed E-state index contributed by atoms with van der Waals surface area (Å²) in [6, 6.07) is 0. The molecule has 1 fully saturated rings. The van der Waals surface area contributed by atoms with Gasteiger partial charge in [0.1, 0.15) is 0 Å². The van der Waals surface area contributed by atoms with Gasteiger partial charge in [-0.3, -0.25) is 0 Å². The Bertz CT molecular complexity index is 202. The van der Waals surface area contributed by atoms with Gasteiger partial charge in [0, 0.05) is 0 Å². The highest BCUT2D eigenvalue weighted by Gasteiger charge is 2.53. The van der Waals surface area contributed by atoms with E-state index in [9.17, 15) is 0 Å². The van der Waals surface area contributed by atoms with E-state index in [-0.39, 0.29) is 0 Å². The van der Waals surface area contributed by atoms with E-state index in [1.165, 1.54) is 0 Å². The summed E-state index contributed by atoms with van der Waals surface area (Å²) in [5.74, 6) is 0. The molecule has 9 heteroatoms. The van der Waals surface area contributed by atoms with Gasteiger partial charge in [0.15, 0.2) is 0 Å². The number of nitrogens with one attached hydrogen (secondary N) is 2. The summed E-state index contributed by atoms with van der Waals surface area (Å²) in [6.45, 7) is 6.78. The number of nitrogens with zero attached hydrogens (tertiary/aromatic N) is 1. The first kappa shape index (κ1) is 13.0. The average Bonchev–Trinajstić information content (AvgIpc) is 1.77. The smallest absolute Gasteiger partial charge is 0.264 e. The van der Waals surface area contributed by atoms with Gasteiger partial charge in [0.2, 0.25) is 0 Å². The lowest BCUT2D eigenvalue weighted by Gasteiger charge is -2.51. The monoisotopic (exact) mass is 425 g/mol. The van der Waals surface area contributed by atoms with Gasteiger partial charge >= 0.3 is 0 Å². The fourth-order valence-electron chi connectivity index (χ4n) is 1.45. The van der Waals surface area contributed by atoms with Gasteiger partial charge in [0.25, 0.3) is 21.0 Å². The minimum atomic E-state index is -1.60. The van der Waals surface area contributed by atoms with E-state index in [2.05, 4.69) is 86.1 Å². The molecule has 0 spiro atoms. The second-order valence-electron chi connectivity index (χ2n) is 3.72. The summed E-state index contributed by atoms with van der Waals surface area (Å²) in [5.41, 5.74) is 0. The molecule has 2 unspecified atom stereocenters. The fourth-order valence-corrected chi connectivity index (χ4v) is 42.0. The summed E-state index contributed by atoms with van der Waals surface area (Å²) in [5, 5.41) is 0. The van der Waals surface area contributed by atoms with Gasteiger partial charge in [0.05, 0.1) is 0 Å². The molecule has 0 aromatic rings. The molecular formula is C4H14Br3N3Si3. The number of halogens is 3. The molecule has 1 aliphatic heterocycles. The van der Waals surface area contributed by atoms with Gasteiger partial charge in [-0.25, -0.2) is 0 Å². The van der Waals surface area contributed by atoms with E-state index < -0.39 is 21.0 Å². The Hall–Kier alpha value is 1.97. The third kappa shape index (κ3) is 2.97. The van der Waals surface area contributed by atoms with Crippen LogP contribution in [0.25, 0.3) is 0 Å². The molecule has 3 nitrogen and oxygen atoms in total. The molecule has 0 saturated carbocycles. The fraction of sp³-hybridized carbons (Fsp3) is 1.00. The summed E-state index contributed by atoms with van der Waals surface area (Å²) >= 11 is 11.4. The Kier molecular flexibility index (Phi) is 3.78. The Labute approximate surface area is 106 Å². The van der Waals surface area contributed by atoms with Crippen molar-refractivity contribution in [1.82, 2.24) is 13.5 Å². The second-order valence-corrected chi connectivity index (χ2v) is 27.3. The van der Waals surface area contributed by atoms with Crippen molar-refractivity contribution < 1.29 is 0 Å². The van der Waals surface area contributed by atoms with Crippen molar-refractivity contribution in [1.29, 1.82) is 0 Å². The van der Waals surface area contributed by atoms with Crippen LogP contribution in [0.1, 0.15) is 0 Å². The van der Waals surface area contributed by atoms with Crippen molar-refractivity contribution in [2.45, 2.75) is 19.6 Å². The molecular weight excluding hydrogens is 414 g/mol. The van der Waals surface area contributed by atoms with Crippen molar-refractivity contribution in [3.8, 4) is 0 Å². The van der Waals surface area contributed by atoms with Crippen LogP contribution in [0.15, 0.2) is 0 Å². The van der Waals surface area contributed by atoms with E-state index in [0.717, 1.165) is 0 Å². The third-order valence-electron chi connectivity index (χ3n) is 2.19. The highest BCUT2D eigenvalue weighted by molar-refractivity contribution is 9.29. The normalized spacial score (nSPS) is 53.8. The second kappa shape index (κ2) is 3.77. The quantitative estimate of drug-likeness (QED) is 0.457. The molecule has 1 saturated heterocycles. The topological polar surface area (TPSA) is 27.3 Å². The van der Waals surface area contributed by atoms with Crippen LogP contribution >= 0.6 is 45.9 Å². The van der Waals surface area contributed by atoms with Crippen LogP contribution in [-0.2, 0) is 0 Å². The highest BCUT2D eigenvalue weighted by atomic mass is 79.9. The molecule has 0 amide bonds. The molecule has 0 aliphatic carbocycles. The summed E-state index contributed by atoms with van der Waals surface area (Å²) in [6.07, 6.45) is 0. The lowest BCUT2D eigenvalue weighted by atomic mass is 11.6.